The van der Waals surface area contributed by atoms with Gasteiger partial charge in [0, 0.05) is 13.0 Å². The zero-order chi connectivity index (χ0) is 18.6. The van der Waals surface area contributed by atoms with Crippen molar-refractivity contribution in [3.05, 3.63) is 29.8 Å². The number of urea groups is 1. The second kappa shape index (κ2) is 7.45. The second-order valence-corrected chi connectivity index (χ2v) is 5.96. The molecule has 0 bridgehead atoms. The van der Waals surface area contributed by atoms with E-state index in [1.54, 1.807) is 19.1 Å². The number of carbonyl (C=O) groups excluding carboxylic acids is 3. The fourth-order valence-corrected chi connectivity index (χ4v) is 2.57. The Morgan fingerprint density at radius 3 is 2.52 bits per heavy atom. The number of benzene rings is 1. The highest BCUT2D eigenvalue weighted by molar-refractivity contribution is 6.07. The minimum absolute atomic E-state index is 0.0489. The van der Waals surface area contributed by atoms with Crippen molar-refractivity contribution in [2.75, 3.05) is 6.54 Å². The van der Waals surface area contributed by atoms with E-state index < -0.39 is 30.0 Å². The molecule has 1 fully saturated rings. The monoisotopic (exact) mass is 355 g/mol. The van der Waals surface area contributed by atoms with Gasteiger partial charge in [-0.3, -0.25) is 14.5 Å². The molecule has 0 radical (unpaired) electrons. The van der Waals surface area contributed by atoms with Crippen LogP contribution in [0.4, 0.5) is 13.6 Å². The number of carbonyl (C=O) groups is 3. The standard InChI is InChI=1S/C16H19F2N3O4/c1-16(13(23)21(15(24)20-16)9-7-12(19)22)8-6-10-2-4-11(5-3-10)25-14(17)18/h2-5,14H,6-9H2,1H3,(H2,19,22)(H,20,24)/t16-/m0/s1. The van der Waals surface area contributed by atoms with Crippen LogP contribution in [-0.2, 0) is 16.0 Å². The Bertz CT molecular complexity index is 666. The van der Waals surface area contributed by atoms with E-state index in [1.165, 1.54) is 12.1 Å². The number of nitrogens with two attached hydrogens (primary N) is 1. The van der Waals surface area contributed by atoms with E-state index in [4.69, 9.17) is 5.73 Å². The number of nitrogens with one attached hydrogen (secondary N) is 1. The fourth-order valence-electron chi connectivity index (χ4n) is 2.57. The molecule has 0 aliphatic carbocycles. The third kappa shape index (κ3) is 4.65. The molecule has 4 amide bonds. The first-order valence-corrected chi connectivity index (χ1v) is 7.67. The van der Waals surface area contributed by atoms with E-state index in [2.05, 4.69) is 10.1 Å². The Balaban J connectivity index is 1.96. The molecule has 7 nitrogen and oxygen atoms in total. The maximum atomic E-state index is 12.4. The molecule has 1 saturated heterocycles. The Labute approximate surface area is 143 Å². The number of rotatable bonds is 8. The summed E-state index contributed by atoms with van der Waals surface area (Å²) < 4.78 is 28.5. The van der Waals surface area contributed by atoms with Crippen LogP contribution in [0.2, 0.25) is 0 Å². The van der Waals surface area contributed by atoms with Gasteiger partial charge in [0.15, 0.2) is 0 Å². The molecule has 9 heteroatoms. The Kier molecular flexibility index (Phi) is 5.55. The largest absolute Gasteiger partial charge is 0.435 e. The number of aryl methyl sites for hydroxylation is 1. The van der Waals surface area contributed by atoms with E-state index in [1.807, 2.05) is 0 Å². The van der Waals surface area contributed by atoms with Crippen molar-refractivity contribution in [2.24, 2.45) is 5.73 Å². The SMILES string of the molecule is C[C@@]1(CCc2ccc(OC(F)F)cc2)NC(=O)N(CCC(N)=O)C1=O. The Morgan fingerprint density at radius 2 is 1.96 bits per heavy atom. The van der Waals surface area contributed by atoms with Gasteiger partial charge in [-0.25, -0.2) is 4.79 Å². The van der Waals surface area contributed by atoms with Gasteiger partial charge in [-0.15, -0.1) is 0 Å². The van der Waals surface area contributed by atoms with Gasteiger partial charge in [-0.05, 0) is 37.5 Å². The lowest BCUT2D eigenvalue weighted by molar-refractivity contribution is -0.131. The van der Waals surface area contributed by atoms with Gasteiger partial charge in [0.1, 0.15) is 11.3 Å². The number of primary amides is 1. The van der Waals surface area contributed by atoms with Gasteiger partial charge in [0.05, 0.1) is 0 Å². The summed E-state index contributed by atoms with van der Waals surface area (Å²) in [6.07, 6.45) is 0.668. The summed E-state index contributed by atoms with van der Waals surface area (Å²) in [5.74, 6) is -0.968. The third-order valence-electron chi connectivity index (χ3n) is 3.99. The number of amides is 4. The summed E-state index contributed by atoms with van der Waals surface area (Å²) in [6, 6.07) is 5.51. The molecule has 1 aliphatic heterocycles. The molecule has 1 aliphatic rings. The summed E-state index contributed by atoms with van der Waals surface area (Å²) in [5, 5.41) is 2.62. The second-order valence-electron chi connectivity index (χ2n) is 5.96. The van der Waals surface area contributed by atoms with Crippen LogP contribution in [0.15, 0.2) is 24.3 Å². The molecule has 3 N–H and O–H groups in total. The van der Waals surface area contributed by atoms with Gasteiger partial charge < -0.3 is 15.8 Å². The van der Waals surface area contributed by atoms with Gasteiger partial charge in [-0.2, -0.15) is 8.78 Å². The lowest BCUT2D eigenvalue weighted by atomic mass is 9.93. The summed E-state index contributed by atoms with van der Waals surface area (Å²) in [7, 11) is 0. The highest BCUT2D eigenvalue weighted by Gasteiger charge is 2.47. The first-order valence-electron chi connectivity index (χ1n) is 7.67. The van der Waals surface area contributed by atoms with Gasteiger partial charge >= 0.3 is 12.6 Å². The normalized spacial score (nSPS) is 20.1. The van der Waals surface area contributed by atoms with Gasteiger partial charge in [-0.1, -0.05) is 12.1 Å². The Hall–Kier alpha value is -2.71. The molecule has 0 saturated carbocycles. The highest BCUT2D eigenvalue weighted by atomic mass is 19.3. The molecular weight excluding hydrogens is 336 g/mol. The Morgan fingerprint density at radius 1 is 1.32 bits per heavy atom. The van der Waals surface area contributed by atoms with Gasteiger partial charge in [0.25, 0.3) is 5.91 Å². The molecular formula is C16H19F2N3O4. The van der Waals surface area contributed by atoms with Crippen molar-refractivity contribution in [1.29, 1.82) is 0 Å². The van der Waals surface area contributed by atoms with Crippen molar-refractivity contribution in [2.45, 2.75) is 38.3 Å². The van der Waals surface area contributed by atoms with Crippen LogP contribution in [0.5, 0.6) is 5.75 Å². The number of hydrogen-bond donors (Lipinski definition) is 2. The lowest BCUT2D eigenvalue weighted by Crippen LogP contribution is -2.44. The molecule has 1 aromatic carbocycles. The third-order valence-corrected chi connectivity index (χ3v) is 3.99. The number of halogens is 2. The van der Waals surface area contributed by atoms with Crippen LogP contribution < -0.4 is 15.8 Å². The molecule has 2 rings (SSSR count). The first kappa shape index (κ1) is 18.6. The van der Waals surface area contributed by atoms with Crippen LogP contribution >= 0.6 is 0 Å². The maximum absolute atomic E-state index is 12.4. The van der Waals surface area contributed by atoms with E-state index >= 15 is 0 Å². The maximum Gasteiger partial charge on any atom is 0.387 e. The quantitative estimate of drug-likeness (QED) is 0.688. The summed E-state index contributed by atoms with van der Waals surface area (Å²) in [5.41, 5.74) is 4.76. The molecule has 1 heterocycles. The molecule has 0 aromatic heterocycles. The topological polar surface area (TPSA) is 102 Å². The number of alkyl halides is 2. The van der Waals surface area contributed by atoms with E-state index in [9.17, 15) is 23.2 Å². The lowest BCUT2D eigenvalue weighted by Gasteiger charge is -2.21. The van der Waals surface area contributed by atoms with Crippen LogP contribution in [0.1, 0.15) is 25.3 Å². The predicted octanol–water partition coefficient (Wildman–Crippen LogP) is 1.41. The van der Waals surface area contributed by atoms with Crippen molar-refractivity contribution in [3.63, 3.8) is 0 Å². The fraction of sp³-hybridized carbons (Fsp3) is 0.438. The van der Waals surface area contributed by atoms with Crippen molar-refractivity contribution in [3.8, 4) is 5.75 Å². The molecule has 1 atom stereocenters. The molecule has 25 heavy (non-hydrogen) atoms. The highest BCUT2D eigenvalue weighted by Crippen LogP contribution is 2.24. The predicted molar refractivity (Wildman–Crippen MR) is 83.9 cm³/mol. The number of imide groups is 1. The van der Waals surface area contributed by atoms with Gasteiger partial charge in [0.2, 0.25) is 5.91 Å². The van der Waals surface area contributed by atoms with Crippen LogP contribution in [0, 0.1) is 0 Å². The minimum atomic E-state index is -2.89. The molecule has 0 unspecified atom stereocenters. The molecule has 136 valence electrons. The van der Waals surface area contributed by atoms with Crippen LogP contribution in [-0.4, -0.2) is 41.4 Å². The van der Waals surface area contributed by atoms with E-state index in [0.717, 1.165) is 10.5 Å². The average molecular weight is 355 g/mol. The van der Waals surface area contributed by atoms with Crippen molar-refractivity contribution >= 4 is 17.8 Å². The summed E-state index contributed by atoms with van der Waals surface area (Å²) in [6.45, 7) is -1.34. The van der Waals surface area contributed by atoms with Crippen molar-refractivity contribution in [1.82, 2.24) is 10.2 Å². The molecule has 1 aromatic rings. The minimum Gasteiger partial charge on any atom is -0.435 e. The van der Waals surface area contributed by atoms with Crippen LogP contribution in [0.3, 0.4) is 0 Å². The van der Waals surface area contributed by atoms with E-state index in [-0.39, 0.29) is 18.7 Å². The smallest absolute Gasteiger partial charge is 0.387 e. The zero-order valence-electron chi connectivity index (χ0n) is 13.6. The molecule has 0 spiro atoms. The van der Waals surface area contributed by atoms with Crippen LogP contribution in [0.25, 0.3) is 0 Å². The summed E-state index contributed by atoms with van der Waals surface area (Å²) >= 11 is 0. The van der Waals surface area contributed by atoms with Crippen molar-refractivity contribution < 1.29 is 27.9 Å². The number of ether oxygens (including phenoxy) is 1. The number of hydrogen-bond acceptors (Lipinski definition) is 4. The van der Waals surface area contributed by atoms with E-state index in [0.29, 0.717) is 12.8 Å². The average Bonchev–Trinajstić information content (AvgIpc) is 2.74. The first-order chi connectivity index (χ1) is 11.7. The number of nitrogens with zero attached hydrogens (tertiary/aromatic N) is 1. The zero-order valence-corrected chi connectivity index (χ0v) is 13.6. The summed E-state index contributed by atoms with van der Waals surface area (Å²) in [4.78, 5) is 36.2.